The van der Waals surface area contributed by atoms with Crippen LogP contribution in [-0.4, -0.2) is 5.78 Å². The lowest BCUT2D eigenvalue weighted by Gasteiger charge is -2.53. The number of Topliss-reactive ketones (excluding diaryl/α,β-unsaturated/α-hetero) is 1. The number of ketones is 1. The molecule has 1 saturated carbocycles. The molecule has 2 rings (SSSR count). The van der Waals surface area contributed by atoms with Gasteiger partial charge in [0.2, 0.25) is 0 Å². The SMILES string of the molecule is CCC(=O)[C@H]1CCC[C@H](C)[C@@H]2CC(C)(C)[C@@H]2C=C1C. The van der Waals surface area contributed by atoms with Gasteiger partial charge in [0.05, 0.1) is 0 Å². The smallest absolute Gasteiger partial charge is 0.139 e. The lowest BCUT2D eigenvalue weighted by atomic mass is 9.52. The number of hydrogen-bond acceptors (Lipinski definition) is 1. The average molecular weight is 262 g/mol. The fourth-order valence-corrected chi connectivity index (χ4v) is 4.34. The van der Waals surface area contributed by atoms with Gasteiger partial charge < -0.3 is 0 Å². The molecule has 0 bridgehead atoms. The minimum atomic E-state index is 0.201. The molecule has 1 nitrogen and oxygen atoms in total. The van der Waals surface area contributed by atoms with Crippen molar-refractivity contribution in [3.8, 4) is 0 Å². The van der Waals surface area contributed by atoms with E-state index in [4.69, 9.17) is 0 Å². The highest BCUT2D eigenvalue weighted by molar-refractivity contribution is 5.83. The molecule has 0 saturated heterocycles. The van der Waals surface area contributed by atoms with Crippen LogP contribution < -0.4 is 0 Å². The summed E-state index contributed by atoms with van der Waals surface area (Å²) in [7, 11) is 0. The maximum absolute atomic E-state index is 12.2. The Bertz CT molecular complexity index is 377. The van der Waals surface area contributed by atoms with Crippen molar-refractivity contribution in [1.82, 2.24) is 0 Å². The molecular weight excluding hydrogens is 232 g/mol. The van der Waals surface area contributed by atoms with Gasteiger partial charge in [-0.15, -0.1) is 0 Å². The average Bonchev–Trinajstić information content (AvgIpc) is 2.40. The Labute approximate surface area is 118 Å². The summed E-state index contributed by atoms with van der Waals surface area (Å²) in [5, 5.41) is 0. The van der Waals surface area contributed by atoms with Gasteiger partial charge in [-0.1, -0.05) is 52.2 Å². The summed E-state index contributed by atoms with van der Waals surface area (Å²) < 4.78 is 0. The summed E-state index contributed by atoms with van der Waals surface area (Å²) in [5.74, 6) is 3.00. The van der Waals surface area contributed by atoms with Gasteiger partial charge in [0.1, 0.15) is 5.78 Å². The highest BCUT2D eigenvalue weighted by atomic mass is 16.1. The first-order valence-electron chi connectivity index (χ1n) is 8.08. The minimum Gasteiger partial charge on any atom is -0.299 e. The molecule has 0 amide bonds. The van der Waals surface area contributed by atoms with E-state index < -0.39 is 0 Å². The standard InChI is InChI=1S/C18H30O/c1-6-17(19)14-9-7-8-12(2)15-11-18(4,5)16(15)10-13(14)3/h10,12,14-16H,6-9,11H2,1-5H3/t12-,14-,15-,16+/m0/s1. The Hall–Kier alpha value is -0.590. The van der Waals surface area contributed by atoms with Gasteiger partial charge in [-0.2, -0.15) is 0 Å². The van der Waals surface area contributed by atoms with E-state index in [1.807, 2.05) is 6.92 Å². The normalized spacial score (nSPS) is 38.1. The van der Waals surface area contributed by atoms with Crippen molar-refractivity contribution in [2.24, 2.45) is 29.1 Å². The largest absolute Gasteiger partial charge is 0.299 e. The van der Waals surface area contributed by atoms with Gasteiger partial charge in [0, 0.05) is 12.3 Å². The number of fused-ring (bicyclic) bond motifs is 1. The van der Waals surface area contributed by atoms with Crippen LogP contribution in [0.25, 0.3) is 0 Å². The summed E-state index contributed by atoms with van der Waals surface area (Å²) >= 11 is 0. The molecule has 1 fully saturated rings. The Kier molecular flexibility index (Phi) is 4.23. The molecule has 0 aromatic heterocycles. The van der Waals surface area contributed by atoms with Gasteiger partial charge in [-0.3, -0.25) is 4.79 Å². The van der Waals surface area contributed by atoms with Crippen molar-refractivity contribution in [1.29, 1.82) is 0 Å². The van der Waals surface area contributed by atoms with Crippen molar-refractivity contribution in [2.45, 2.75) is 66.7 Å². The zero-order chi connectivity index (χ0) is 14.2. The highest BCUT2D eigenvalue weighted by Crippen LogP contribution is 2.56. The van der Waals surface area contributed by atoms with Crippen LogP contribution in [-0.2, 0) is 4.79 Å². The van der Waals surface area contributed by atoms with Gasteiger partial charge in [-0.25, -0.2) is 0 Å². The first-order chi connectivity index (χ1) is 8.86. The molecule has 2 aliphatic rings. The van der Waals surface area contributed by atoms with Gasteiger partial charge in [0.15, 0.2) is 0 Å². The maximum atomic E-state index is 12.2. The molecule has 0 aromatic rings. The molecule has 0 aromatic carbocycles. The van der Waals surface area contributed by atoms with Crippen LogP contribution in [0.5, 0.6) is 0 Å². The predicted molar refractivity (Wildman–Crippen MR) is 80.9 cm³/mol. The molecule has 0 spiro atoms. The van der Waals surface area contributed by atoms with E-state index in [9.17, 15) is 4.79 Å². The van der Waals surface area contributed by atoms with Crippen LogP contribution in [0.15, 0.2) is 11.6 Å². The van der Waals surface area contributed by atoms with Crippen LogP contribution in [0.1, 0.15) is 66.7 Å². The lowest BCUT2D eigenvalue weighted by Crippen LogP contribution is -2.45. The summed E-state index contributed by atoms with van der Waals surface area (Å²) in [6, 6.07) is 0. The molecule has 1 heteroatoms. The first-order valence-corrected chi connectivity index (χ1v) is 8.08. The number of allylic oxidation sites excluding steroid dienone is 2. The number of rotatable bonds is 2. The molecule has 0 radical (unpaired) electrons. The Balaban J connectivity index is 2.26. The number of carbonyl (C=O) groups is 1. The van der Waals surface area contributed by atoms with E-state index in [0.717, 1.165) is 18.3 Å². The third-order valence-electron chi connectivity index (χ3n) is 5.74. The topological polar surface area (TPSA) is 17.1 Å². The van der Waals surface area contributed by atoms with Crippen LogP contribution >= 0.6 is 0 Å². The zero-order valence-electron chi connectivity index (χ0n) is 13.3. The van der Waals surface area contributed by atoms with Crippen molar-refractivity contribution in [3.05, 3.63) is 11.6 Å². The second-order valence-electron chi connectivity index (χ2n) is 7.57. The summed E-state index contributed by atoms with van der Waals surface area (Å²) in [6.45, 7) is 11.4. The van der Waals surface area contributed by atoms with E-state index in [1.54, 1.807) is 0 Å². The van der Waals surface area contributed by atoms with Crippen LogP contribution in [0.3, 0.4) is 0 Å². The Morgan fingerprint density at radius 3 is 2.63 bits per heavy atom. The predicted octanol–water partition coefficient (Wildman–Crippen LogP) is 5.01. The maximum Gasteiger partial charge on any atom is 0.139 e. The lowest BCUT2D eigenvalue weighted by molar-refractivity contribution is -0.121. The Morgan fingerprint density at radius 2 is 2.05 bits per heavy atom. The third kappa shape index (κ3) is 2.80. The molecule has 0 unspecified atom stereocenters. The second-order valence-corrected chi connectivity index (χ2v) is 7.57. The number of hydrogen-bond donors (Lipinski definition) is 0. The quantitative estimate of drug-likeness (QED) is 0.639. The molecule has 19 heavy (non-hydrogen) atoms. The molecule has 0 N–H and O–H groups in total. The summed E-state index contributed by atoms with van der Waals surface area (Å²) in [6.07, 6.45) is 8.09. The molecule has 0 heterocycles. The van der Waals surface area contributed by atoms with Crippen LogP contribution in [0.2, 0.25) is 0 Å². The highest BCUT2D eigenvalue weighted by Gasteiger charge is 2.48. The van der Waals surface area contributed by atoms with Crippen molar-refractivity contribution in [2.75, 3.05) is 0 Å². The minimum absolute atomic E-state index is 0.201. The van der Waals surface area contributed by atoms with E-state index in [0.29, 0.717) is 23.5 Å². The molecule has 108 valence electrons. The van der Waals surface area contributed by atoms with Gasteiger partial charge in [-0.05, 0) is 42.9 Å². The van der Waals surface area contributed by atoms with Crippen molar-refractivity contribution < 1.29 is 4.79 Å². The Morgan fingerprint density at radius 1 is 1.37 bits per heavy atom. The van der Waals surface area contributed by atoms with Crippen molar-refractivity contribution in [3.63, 3.8) is 0 Å². The van der Waals surface area contributed by atoms with Crippen LogP contribution in [0, 0.1) is 29.1 Å². The zero-order valence-corrected chi connectivity index (χ0v) is 13.3. The molecule has 2 aliphatic carbocycles. The molecular formula is C18H30O. The van der Waals surface area contributed by atoms with Crippen molar-refractivity contribution >= 4 is 5.78 Å². The fraction of sp³-hybridized carbons (Fsp3) is 0.833. The summed E-state index contributed by atoms with van der Waals surface area (Å²) in [4.78, 5) is 12.2. The van der Waals surface area contributed by atoms with Gasteiger partial charge >= 0.3 is 0 Å². The third-order valence-corrected chi connectivity index (χ3v) is 5.74. The number of carbonyl (C=O) groups excluding carboxylic acids is 1. The fourth-order valence-electron chi connectivity index (χ4n) is 4.34. The van der Waals surface area contributed by atoms with E-state index in [2.05, 4.69) is 33.8 Å². The van der Waals surface area contributed by atoms with Gasteiger partial charge in [0.25, 0.3) is 0 Å². The monoisotopic (exact) mass is 262 g/mol. The second kappa shape index (κ2) is 5.42. The van der Waals surface area contributed by atoms with Crippen LogP contribution in [0.4, 0.5) is 0 Å². The first kappa shape index (κ1) is 14.8. The van der Waals surface area contributed by atoms with E-state index in [1.165, 1.54) is 24.8 Å². The van der Waals surface area contributed by atoms with E-state index >= 15 is 0 Å². The van der Waals surface area contributed by atoms with E-state index in [-0.39, 0.29) is 5.92 Å². The summed E-state index contributed by atoms with van der Waals surface area (Å²) in [5.41, 5.74) is 1.79. The molecule has 4 atom stereocenters. The molecule has 0 aliphatic heterocycles.